The molecule has 2 aliphatic rings. The summed E-state index contributed by atoms with van der Waals surface area (Å²) in [6, 6.07) is 7.41. The highest BCUT2D eigenvalue weighted by atomic mass is 19.1. The largest absolute Gasteiger partial charge is 0.324 e. The average Bonchev–Trinajstić information content (AvgIpc) is 3.16. The Labute approximate surface area is 126 Å². The summed E-state index contributed by atoms with van der Waals surface area (Å²) in [7, 11) is 0. The molecule has 3 nitrogen and oxygen atoms in total. The Morgan fingerprint density at radius 3 is 2.71 bits per heavy atom. The zero-order valence-corrected chi connectivity index (χ0v) is 12.7. The van der Waals surface area contributed by atoms with E-state index < -0.39 is 0 Å². The van der Waals surface area contributed by atoms with E-state index in [9.17, 15) is 4.39 Å². The van der Waals surface area contributed by atoms with Crippen LogP contribution in [0.2, 0.25) is 0 Å². The topological polar surface area (TPSA) is 32.5 Å². The van der Waals surface area contributed by atoms with Gasteiger partial charge in [0.1, 0.15) is 5.82 Å². The van der Waals surface area contributed by atoms with Crippen LogP contribution in [-0.4, -0.2) is 48.6 Å². The van der Waals surface area contributed by atoms with Gasteiger partial charge in [-0.15, -0.1) is 0 Å². The van der Waals surface area contributed by atoms with Crippen LogP contribution in [0.5, 0.6) is 0 Å². The molecule has 21 heavy (non-hydrogen) atoms. The van der Waals surface area contributed by atoms with Crippen LogP contribution in [0.15, 0.2) is 24.3 Å². The lowest BCUT2D eigenvalue weighted by atomic mass is 10.0. The second kappa shape index (κ2) is 6.86. The molecule has 2 heterocycles. The fraction of sp³-hybridized carbons (Fsp3) is 0.647. The van der Waals surface area contributed by atoms with Gasteiger partial charge >= 0.3 is 0 Å². The standard InChI is InChI=1S/C17H26FN3/c18-16-6-2-1-5-15(16)17(19)8-12-20-11-7-14(13-20)21-9-3-4-10-21/h1-2,5-6,14,17H,3-4,7-13,19H2. The first-order chi connectivity index (χ1) is 10.2. The third-order valence-corrected chi connectivity index (χ3v) is 4.97. The lowest BCUT2D eigenvalue weighted by molar-refractivity contribution is 0.229. The van der Waals surface area contributed by atoms with E-state index in [1.54, 1.807) is 12.1 Å². The van der Waals surface area contributed by atoms with Crippen molar-refractivity contribution in [3.8, 4) is 0 Å². The van der Waals surface area contributed by atoms with Crippen LogP contribution in [-0.2, 0) is 0 Å². The van der Waals surface area contributed by atoms with Crippen LogP contribution in [0.3, 0.4) is 0 Å². The molecular formula is C17H26FN3. The molecule has 2 saturated heterocycles. The summed E-state index contributed by atoms with van der Waals surface area (Å²) in [5, 5.41) is 0. The Bertz CT molecular complexity index is 459. The minimum atomic E-state index is -0.197. The number of benzene rings is 1. The van der Waals surface area contributed by atoms with Gasteiger partial charge in [-0.3, -0.25) is 4.90 Å². The van der Waals surface area contributed by atoms with E-state index in [1.807, 2.05) is 6.07 Å². The summed E-state index contributed by atoms with van der Waals surface area (Å²) in [5.74, 6) is -0.179. The second-order valence-electron chi connectivity index (χ2n) is 6.40. The van der Waals surface area contributed by atoms with Crippen molar-refractivity contribution in [2.24, 2.45) is 5.73 Å². The van der Waals surface area contributed by atoms with E-state index in [1.165, 1.54) is 38.4 Å². The smallest absolute Gasteiger partial charge is 0.127 e. The molecule has 2 unspecified atom stereocenters. The third-order valence-electron chi connectivity index (χ3n) is 4.97. The summed E-state index contributed by atoms with van der Waals surface area (Å²) in [4.78, 5) is 5.13. The first-order valence-corrected chi connectivity index (χ1v) is 8.20. The number of nitrogens with two attached hydrogens (primary N) is 1. The molecule has 0 saturated carbocycles. The van der Waals surface area contributed by atoms with Crippen LogP contribution in [0.4, 0.5) is 4.39 Å². The summed E-state index contributed by atoms with van der Waals surface area (Å²) < 4.78 is 13.7. The van der Waals surface area contributed by atoms with Crippen molar-refractivity contribution in [2.75, 3.05) is 32.7 Å². The first kappa shape index (κ1) is 14.9. The predicted octanol–water partition coefficient (Wildman–Crippen LogP) is 2.39. The molecule has 1 aromatic carbocycles. The minimum Gasteiger partial charge on any atom is -0.324 e. The van der Waals surface area contributed by atoms with E-state index in [0.29, 0.717) is 5.56 Å². The summed E-state index contributed by atoms with van der Waals surface area (Å²) in [6.07, 6.45) is 4.81. The quantitative estimate of drug-likeness (QED) is 0.904. The number of hydrogen-bond acceptors (Lipinski definition) is 3. The fourth-order valence-corrected chi connectivity index (χ4v) is 3.67. The molecule has 1 aromatic rings. The van der Waals surface area contributed by atoms with Crippen LogP contribution in [0.1, 0.15) is 37.3 Å². The number of hydrogen-bond donors (Lipinski definition) is 1. The molecule has 2 aliphatic heterocycles. The van der Waals surface area contributed by atoms with Gasteiger partial charge in [0.25, 0.3) is 0 Å². The minimum absolute atomic E-state index is 0.179. The van der Waals surface area contributed by atoms with Crippen molar-refractivity contribution < 1.29 is 4.39 Å². The molecule has 2 fully saturated rings. The molecule has 3 rings (SSSR count). The summed E-state index contributed by atoms with van der Waals surface area (Å²) >= 11 is 0. The Balaban J connectivity index is 1.46. The normalized spacial score (nSPS) is 25.5. The maximum atomic E-state index is 13.7. The van der Waals surface area contributed by atoms with Crippen LogP contribution < -0.4 is 5.73 Å². The SMILES string of the molecule is NC(CCN1CCC(N2CCCC2)C1)c1ccccc1F. The maximum absolute atomic E-state index is 13.7. The Morgan fingerprint density at radius 1 is 1.19 bits per heavy atom. The monoisotopic (exact) mass is 291 g/mol. The van der Waals surface area contributed by atoms with Crippen molar-refractivity contribution in [1.29, 1.82) is 0 Å². The van der Waals surface area contributed by atoms with Gasteiger partial charge in [-0.05, 0) is 51.4 Å². The Morgan fingerprint density at radius 2 is 1.95 bits per heavy atom. The zero-order chi connectivity index (χ0) is 14.7. The Kier molecular flexibility index (Phi) is 4.88. The predicted molar refractivity (Wildman–Crippen MR) is 83.6 cm³/mol. The van der Waals surface area contributed by atoms with Gasteiger partial charge in [-0.25, -0.2) is 4.39 Å². The first-order valence-electron chi connectivity index (χ1n) is 8.20. The van der Waals surface area contributed by atoms with Crippen molar-refractivity contribution in [3.05, 3.63) is 35.6 Å². The summed E-state index contributed by atoms with van der Waals surface area (Å²) in [5.41, 5.74) is 6.80. The molecule has 0 amide bonds. The van der Waals surface area contributed by atoms with Gasteiger partial charge in [0.2, 0.25) is 0 Å². The molecule has 0 bridgehead atoms. The third kappa shape index (κ3) is 3.62. The lowest BCUT2D eigenvalue weighted by Crippen LogP contribution is -2.35. The highest BCUT2D eigenvalue weighted by molar-refractivity contribution is 5.20. The summed E-state index contributed by atoms with van der Waals surface area (Å²) in [6.45, 7) is 5.83. The molecule has 116 valence electrons. The van der Waals surface area contributed by atoms with E-state index in [0.717, 1.165) is 32.1 Å². The highest BCUT2D eigenvalue weighted by Gasteiger charge is 2.29. The number of likely N-dealkylation sites (tertiary alicyclic amines) is 2. The lowest BCUT2D eigenvalue weighted by Gasteiger charge is -2.24. The van der Waals surface area contributed by atoms with E-state index in [4.69, 9.17) is 5.73 Å². The number of rotatable bonds is 5. The van der Waals surface area contributed by atoms with Crippen LogP contribution >= 0.6 is 0 Å². The van der Waals surface area contributed by atoms with Crippen molar-refractivity contribution >= 4 is 0 Å². The van der Waals surface area contributed by atoms with Gasteiger partial charge in [0, 0.05) is 30.7 Å². The molecule has 0 aliphatic carbocycles. The van der Waals surface area contributed by atoms with Crippen molar-refractivity contribution in [3.63, 3.8) is 0 Å². The number of halogens is 1. The maximum Gasteiger partial charge on any atom is 0.127 e. The molecule has 0 aromatic heterocycles. The van der Waals surface area contributed by atoms with Crippen molar-refractivity contribution in [1.82, 2.24) is 9.80 Å². The molecule has 0 spiro atoms. The van der Waals surface area contributed by atoms with E-state index in [-0.39, 0.29) is 11.9 Å². The molecule has 0 radical (unpaired) electrons. The van der Waals surface area contributed by atoms with Gasteiger partial charge in [-0.1, -0.05) is 18.2 Å². The van der Waals surface area contributed by atoms with Gasteiger partial charge < -0.3 is 10.6 Å². The Hall–Kier alpha value is -0.970. The van der Waals surface area contributed by atoms with E-state index in [2.05, 4.69) is 9.80 Å². The molecule has 2 N–H and O–H groups in total. The second-order valence-corrected chi connectivity index (χ2v) is 6.40. The van der Waals surface area contributed by atoms with Crippen LogP contribution in [0.25, 0.3) is 0 Å². The number of nitrogens with zero attached hydrogens (tertiary/aromatic N) is 2. The molecule has 2 atom stereocenters. The average molecular weight is 291 g/mol. The zero-order valence-electron chi connectivity index (χ0n) is 12.7. The van der Waals surface area contributed by atoms with E-state index >= 15 is 0 Å². The van der Waals surface area contributed by atoms with Gasteiger partial charge in [-0.2, -0.15) is 0 Å². The van der Waals surface area contributed by atoms with Gasteiger partial charge in [0.15, 0.2) is 0 Å². The highest BCUT2D eigenvalue weighted by Crippen LogP contribution is 2.22. The van der Waals surface area contributed by atoms with Gasteiger partial charge in [0.05, 0.1) is 0 Å². The van der Waals surface area contributed by atoms with Crippen molar-refractivity contribution in [2.45, 2.75) is 37.8 Å². The molecule has 4 heteroatoms. The van der Waals surface area contributed by atoms with Crippen LogP contribution in [0, 0.1) is 5.82 Å². The molecular weight excluding hydrogens is 265 g/mol. The fourth-order valence-electron chi connectivity index (χ4n) is 3.67.